The number of anilines is 1. The summed E-state index contributed by atoms with van der Waals surface area (Å²) in [4.78, 5) is 12.9. The van der Waals surface area contributed by atoms with Crippen LogP contribution in [0, 0.1) is 5.92 Å². The van der Waals surface area contributed by atoms with E-state index in [2.05, 4.69) is 17.4 Å². The molecule has 25 heavy (non-hydrogen) atoms. The number of carbonyl (C=O) groups excluding carboxylic acids is 1. The lowest BCUT2D eigenvalue weighted by molar-refractivity contribution is 0.0911. The summed E-state index contributed by atoms with van der Waals surface area (Å²) in [5.74, 6) is 0.246. The fraction of sp³-hybridized carbons (Fsp3) is 0.368. The average Bonchev–Trinajstić information content (AvgIpc) is 3.20. The minimum atomic E-state index is -0.238. The quantitative estimate of drug-likeness (QED) is 0.752. The van der Waals surface area contributed by atoms with Crippen LogP contribution < -0.4 is 11.1 Å². The van der Waals surface area contributed by atoms with Gasteiger partial charge in [0.05, 0.1) is 5.56 Å². The summed E-state index contributed by atoms with van der Waals surface area (Å²) in [6, 6.07) is 7.75. The van der Waals surface area contributed by atoms with Gasteiger partial charge in [0.25, 0.3) is 5.91 Å². The number of nitrogen functional groups attached to an aromatic ring is 1. The highest BCUT2D eigenvalue weighted by molar-refractivity contribution is 6.07. The molecule has 1 aromatic carbocycles. The summed E-state index contributed by atoms with van der Waals surface area (Å²) in [5.41, 5.74) is 8.05. The van der Waals surface area contributed by atoms with E-state index in [1.165, 1.54) is 6.42 Å². The Hall–Kier alpha value is -2.76. The summed E-state index contributed by atoms with van der Waals surface area (Å²) in [6.07, 6.45) is 6.05. The van der Waals surface area contributed by atoms with Gasteiger partial charge in [0.2, 0.25) is 5.88 Å². The molecule has 1 fully saturated rings. The van der Waals surface area contributed by atoms with Crippen molar-refractivity contribution in [2.45, 2.75) is 38.6 Å². The van der Waals surface area contributed by atoms with Crippen molar-refractivity contribution in [1.82, 2.24) is 10.5 Å². The maximum absolute atomic E-state index is 12.9. The van der Waals surface area contributed by atoms with E-state index >= 15 is 0 Å². The zero-order valence-corrected chi connectivity index (χ0v) is 14.1. The maximum Gasteiger partial charge on any atom is 0.259 e. The first-order valence-corrected chi connectivity index (χ1v) is 8.67. The third-order valence-corrected chi connectivity index (χ3v) is 5.11. The molecule has 2 atom stereocenters. The summed E-state index contributed by atoms with van der Waals surface area (Å²) in [6.45, 7) is 2.17. The molecular weight excluding hydrogens is 318 g/mol. The number of benzene rings is 1. The molecule has 0 saturated heterocycles. The van der Waals surface area contributed by atoms with Crippen LogP contribution in [0.2, 0.25) is 0 Å². The molecule has 6 heteroatoms. The Kier molecular flexibility index (Phi) is 3.95. The van der Waals surface area contributed by atoms with Crippen LogP contribution in [0.5, 0.6) is 0 Å². The van der Waals surface area contributed by atoms with E-state index in [0.717, 1.165) is 30.2 Å². The topological polar surface area (TPSA) is 94.3 Å². The SMILES string of the molecule is CC1CCCCC1NC(=O)c1c(-c2coc3ccccc23)noc1N. The summed E-state index contributed by atoms with van der Waals surface area (Å²) in [5, 5.41) is 8.00. The Labute approximate surface area is 145 Å². The number of carbonyl (C=O) groups is 1. The van der Waals surface area contributed by atoms with E-state index in [4.69, 9.17) is 14.7 Å². The lowest BCUT2D eigenvalue weighted by Crippen LogP contribution is -2.41. The molecule has 1 amide bonds. The zero-order chi connectivity index (χ0) is 17.4. The summed E-state index contributed by atoms with van der Waals surface area (Å²) < 4.78 is 10.7. The monoisotopic (exact) mass is 339 g/mol. The number of nitrogens with one attached hydrogen (secondary N) is 1. The van der Waals surface area contributed by atoms with Crippen LogP contribution >= 0.6 is 0 Å². The molecule has 1 saturated carbocycles. The standard InChI is InChI=1S/C19H21N3O3/c1-11-6-2-4-8-14(11)21-19(23)16-17(22-25-18(16)20)13-10-24-15-9-5-3-7-12(13)15/h3,5,7,9-11,14H,2,4,6,8,20H2,1H3,(H,21,23). The number of rotatable bonds is 3. The predicted octanol–water partition coefficient (Wildman–Crippen LogP) is 3.98. The second-order valence-electron chi connectivity index (χ2n) is 6.76. The number of hydrogen-bond donors (Lipinski definition) is 2. The van der Waals surface area contributed by atoms with Gasteiger partial charge in [0, 0.05) is 11.4 Å². The number of para-hydroxylation sites is 1. The lowest BCUT2D eigenvalue weighted by Gasteiger charge is -2.29. The Morgan fingerprint density at radius 2 is 2.08 bits per heavy atom. The fourth-order valence-electron chi connectivity index (χ4n) is 3.64. The number of hydrogen-bond acceptors (Lipinski definition) is 5. The van der Waals surface area contributed by atoms with Gasteiger partial charge in [-0.15, -0.1) is 0 Å². The van der Waals surface area contributed by atoms with Crippen LogP contribution in [0.25, 0.3) is 22.2 Å². The Morgan fingerprint density at radius 3 is 2.92 bits per heavy atom. The molecular formula is C19H21N3O3. The molecule has 0 bridgehead atoms. The first-order valence-electron chi connectivity index (χ1n) is 8.67. The maximum atomic E-state index is 12.9. The van der Waals surface area contributed by atoms with Crippen molar-refractivity contribution >= 4 is 22.8 Å². The van der Waals surface area contributed by atoms with Crippen LogP contribution in [0.3, 0.4) is 0 Å². The third-order valence-electron chi connectivity index (χ3n) is 5.11. The van der Waals surface area contributed by atoms with Crippen LogP contribution in [0.4, 0.5) is 5.88 Å². The van der Waals surface area contributed by atoms with Crippen LogP contribution in [0.15, 0.2) is 39.5 Å². The van der Waals surface area contributed by atoms with E-state index in [9.17, 15) is 4.79 Å². The number of nitrogens with two attached hydrogens (primary N) is 1. The second kappa shape index (κ2) is 6.27. The fourth-order valence-corrected chi connectivity index (χ4v) is 3.64. The number of amides is 1. The van der Waals surface area contributed by atoms with Crippen molar-refractivity contribution in [3.05, 3.63) is 36.1 Å². The molecule has 6 nitrogen and oxygen atoms in total. The van der Waals surface area contributed by atoms with Gasteiger partial charge < -0.3 is 20.0 Å². The predicted molar refractivity (Wildman–Crippen MR) is 95.0 cm³/mol. The highest BCUT2D eigenvalue weighted by Gasteiger charge is 2.29. The number of furan rings is 1. The second-order valence-corrected chi connectivity index (χ2v) is 6.76. The largest absolute Gasteiger partial charge is 0.464 e. The highest BCUT2D eigenvalue weighted by atomic mass is 16.5. The minimum Gasteiger partial charge on any atom is -0.464 e. The first-order chi connectivity index (χ1) is 12.1. The third kappa shape index (κ3) is 2.77. The lowest BCUT2D eigenvalue weighted by atomic mass is 9.86. The van der Waals surface area contributed by atoms with E-state index in [0.29, 0.717) is 17.2 Å². The molecule has 130 valence electrons. The van der Waals surface area contributed by atoms with Crippen molar-refractivity contribution in [3.8, 4) is 11.3 Å². The molecule has 0 aliphatic heterocycles. The van der Waals surface area contributed by atoms with Crippen molar-refractivity contribution in [2.75, 3.05) is 5.73 Å². The molecule has 0 spiro atoms. The van der Waals surface area contributed by atoms with Gasteiger partial charge in [-0.3, -0.25) is 4.79 Å². The van der Waals surface area contributed by atoms with Crippen LogP contribution in [0.1, 0.15) is 43.0 Å². The van der Waals surface area contributed by atoms with Gasteiger partial charge in [-0.1, -0.05) is 43.1 Å². The van der Waals surface area contributed by atoms with Gasteiger partial charge in [-0.2, -0.15) is 0 Å². The van der Waals surface area contributed by atoms with Gasteiger partial charge >= 0.3 is 0 Å². The summed E-state index contributed by atoms with van der Waals surface area (Å²) >= 11 is 0. The Bertz CT molecular complexity index is 912. The molecule has 1 aliphatic carbocycles. The highest BCUT2D eigenvalue weighted by Crippen LogP contribution is 2.34. The Balaban J connectivity index is 1.69. The van der Waals surface area contributed by atoms with Gasteiger partial charge in [-0.25, -0.2) is 0 Å². The molecule has 1 aliphatic rings. The van der Waals surface area contributed by atoms with E-state index in [-0.39, 0.29) is 23.4 Å². The Morgan fingerprint density at radius 1 is 1.28 bits per heavy atom. The number of aromatic nitrogens is 1. The summed E-state index contributed by atoms with van der Waals surface area (Å²) in [7, 11) is 0. The molecule has 2 heterocycles. The number of fused-ring (bicyclic) bond motifs is 1. The van der Waals surface area contributed by atoms with E-state index in [1.54, 1.807) is 6.26 Å². The van der Waals surface area contributed by atoms with E-state index in [1.807, 2.05) is 24.3 Å². The molecule has 4 rings (SSSR count). The van der Waals surface area contributed by atoms with E-state index < -0.39 is 0 Å². The number of nitrogens with zero attached hydrogens (tertiary/aromatic N) is 1. The van der Waals surface area contributed by atoms with Gasteiger partial charge in [-0.05, 0) is 24.8 Å². The van der Waals surface area contributed by atoms with Crippen LogP contribution in [-0.4, -0.2) is 17.1 Å². The smallest absolute Gasteiger partial charge is 0.259 e. The zero-order valence-electron chi connectivity index (χ0n) is 14.1. The molecule has 3 N–H and O–H groups in total. The normalized spacial score (nSPS) is 20.7. The van der Waals surface area contributed by atoms with Crippen molar-refractivity contribution in [3.63, 3.8) is 0 Å². The van der Waals surface area contributed by atoms with Crippen molar-refractivity contribution < 1.29 is 13.7 Å². The molecule has 3 aromatic rings. The van der Waals surface area contributed by atoms with Gasteiger partial charge in [0.1, 0.15) is 23.1 Å². The molecule has 0 radical (unpaired) electrons. The average molecular weight is 339 g/mol. The minimum absolute atomic E-state index is 0.0289. The molecule has 2 aromatic heterocycles. The molecule has 2 unspecified atom stereocenters. The van der Waals surface area contributed by atoms with Crippen molar-refractivity contribution in [1.29, 1.82) is 0 Å². The van der Waals surface area contributed by atoms with Crippen LogP contribution in [-0.2, 0) is 0 Å². The first kappa shape index (κ1) is 15.7. The van der Waals surface area contributed by atoms with Crippen molar-refractivity contribution in [2.24, 2.45) is 5.92 Å². The van der Waals surface area contributed by atoms with Gasteiger partial charge in [0.15, 0.2) is 0 Å².